The van der Waals surface area contributed by atoms with Crippen molar-refractivity contribution in [3.63, 3.8) is 0 Å². The Morgan fingerprint density at radius 3 is 2.37 bits per heavy atom. The van der Waals surface area contributed by atoms with Crippen LogP contribution in [-0.2, 0) is 9.59 Å². The molecule has 2 aromatic carbocycles. The Morgan fingerprint density at radius 2 is 1.77 bits per heavy atom. The van der Waals surface area contributed by atoms with Crippen LogP contribution < -0.4 is 19.5 Å². The summed E-state index contributed by atoms with van der Waals surface area (Å²) in [7, 11) is 6.97. The summed E-state index contributed by atoms with van der Waals surface area (Å²) < 4.78 is 10.8. The molecule has 0 radical (unpaired) electrons. The summed E-state index contributed by atoms with van der Waals surface area (Å²) in [6, 6.07) is 12.8. The smallest absolute Gasteiger partial charge is 0.295 e. The molecular formula is C23H26N2O5. The predicted molar refractivity (Wildman–Crippen MR) is 110 cm³/mol. The quantitative estimate of drug-likeness (QED) is 0.397. The van der Waals surface area contributed by atoms with Crippen LogP contribution in [0.1, 0.15) is 17.2 Å². The molecule has 30 heavy (non-hydrogen) atoms. The number of ether oxygens (including phenoxy) is 2. The number of carbonyl (C=O) groups is 2. The van der Waals surface area contributed by atoms with E-state index >= 15 is 0 Å². The van der Waals surface area contributed by atoms with Crippen molar-refractivity contribution in [2.75, 3.05) is 41.4 Å². The van der Waals surface area contributed by atoms with Crippen LogP contribution in [0.15, 0.2) is 54.1 Å². The number of nitrogens with one attached hydrogen (secondary N) is 1. The van der Waals surface area contributed by atoms with E-state index in [1.165, 1.54) is 19.1 Å². The second-order valence-electron chi connectivity index (χ2n) is 7.40. The van der Waals surface area contributed by atoms with Gasteiger partial charge in [0, 0.05) is 11.1 Å². The van der Waals surface area contributed by atoms with Gasteiger partial charge in [0.2, 0.25) is 5.78 Å². The van der Waals surface area contributed by atoms with Gasteiger partial charge in [-0.1, -0.05) is 36.1 Å². The zero-order chi connectivity index (χ0) is 21.8. The van der Waals surface area contributed by atoms with Gasteiger partial charge < -0.3 is 24.4 Å². The van der Waals surface area contributed by atoms with Crippen LogP contribution in [-0.4, -0.2) is 58.0 Å². The van der Waals surface area contributed by atoms with Crippen LogP contribution in [0, 0.1) is 0 Å². The number of benzene rings is 2. The molecule has 1 fully saturated rings. The van der Waals surface area contributed by atoms with Crippen LogP contribution in [0.3, 0.4) is 0 Å². The highest BCUT2D eigenvalue weighted by molar-refractivity contribution is 6.46. The molecule has 3 rings (SSSR count). The summed E-state index contributed by atoms with van der Waals surface area (Å²) >= 11 is 0. The fourth-order valence-electron chi connectivity index (χ4n) is 3.57. The number of amides is 1. The molecule has 1 heterocycles. The van der Waals surface area contributed by atoms with E-state index in [2.05, 4.69) is 0 Å². The maximum absolute atomic E-state index is 13.3. The van der Waals surface area contributed by atoms with E-state index < -0.39 is 23.5 Å². The third-order valence-electron chi connectivity index (χ3n) is 5.15. The highest BCUT2D eigenvalue weighted by atomic mass is 16.5. The van der Waals surface area contributed by atoms with E-state index in [1.807, 2.05) is 14.1 Å². The van der Waals surface area contributed by atoms with Crippen LogP contribution in [0.5, 0.6) is 11.5 Å². The molecule has 1 atom stereocenters. The summed E-state index contributed by atoms with van der Waals surface area (Å²) in [5, 5.41) is 13.3. The molecule has 1 aliphatic heterocycles. The first-order chi connectivity index (χ1) is 14.4. The molecule has 2 aromatic rings. The first-order valence-corrected chi connectivity index (χ1v) is 9.71. The van der Waals surface area contributed by atoms with Gasteiger partial charge in [-0.05, 0) is 23.8 Å². The fraction of sp³-hybridized carbons (Fsp3) is 0.304. The Balaban J connectivity index is 2.23. The van der Waals surface area contributed by atoms with Crippen molar-refractivity contribution in [3.8, 4) is 11.5 Å². The molecule has 7 nitrogen and oxygen atoms in total. The van der Waals surface area contributed by atoms with Gasteiger partial charge in [-0.2, -0.15) is 0 Å². The molecule has 0 spiro atoms. The lowest BCUT2D eigenvalue weighted by atomic mass is 9.94. The van der Waals surface area contributed by atoms with E-state index in [0.717, 1.165) is 4.90 Å². The number of methoxy groups -OCH3 is 2. The summed E-state index contributed by atoms with van der Waals surface area (Å²) in [6.07, 6.45) is 0. The van der Waals surface area contributed by atoms with E-state index in [9.17, 15) is 14.7 Å². The zero-order valence-corrected chi connectivity index (χ0v) is 17.6. The number of rotatable bonds is 7. The van der Waals surface area contributed by atoms with Gasteiger partial charge in [-0.3, -0.25) is 9.59 Å². The van der Waals surface area contributed by atoms with Gasteiger partial charge >= 0.3 is 0 Å². The number of quaternary nitrogens is 1. The molecule has 0 bridgehead atoms. The second-order valence-corrected chi connectivity index (χ2v) is 7.40. The molecule has 158 valence electrons. The summed E-state index contributed by atoms with van der Waals surface area (Å²) in [5.41, 5.74) is 0.844. The standard InChI is InChI=1S/C23H26N2O5/c1-24(2)12-13-25-20(17-14-16(29-3)10-11-18(17)30-4)19(22(27)23(25)28)21(26)15-8-6-5-7-9-15/h5-11,14,20,26H,12-13H2,1-4H3/b21-19+. The van der Waals surface area contributed by atoms with Crippen LogP contribution in [0.25, 0.3) is 5.76 Å². The van der Waals surface area contributed by atoms with Crippen molar-refractivity contribution in [2.24, 2.45) is 0 Å². The van der Waals surface area contributed by atoms with E-state index in [0.29, 0.717) is 35.7 Å². The van der Waals surface area contributed by atoms with E-state index in [4.69, 9.17) is 9.47 Å². The average molecular weight is 410 g/mol. The summed E-state index contributed by atoms with van der Waals surface area (Å²) in [5.74, 6) is -0.882. The number of nitrogens with zero attached hydrogens (tertiary/aromatic N) is 1. The second kappa shape index (κ2) is 9.00. The molecule has 1 saturated heterocycles. The topological polar surface area (TPSA) is 83.3 Å². The fourth-order valence-corrected chi connectivity index (χ4v) is 3.57. The first-order valence-electron chi connectivity index (χ1n) is 9.71. The maximum Gasteiger partial charge on any atom is 0.295 e. The SMILES string of the molecule is COc1ccc(OC)c(C2/C(=C(\[O-])c3ccccc3)C(=O)C(=O)N2CC[NH+](C)C)c1. The van der Waals surface area contributed by atoms with Gasteiger partial charge in [0.05, 0.1) is 47.4 Å². The number of hydrogen-bond acceptors (Lipinski definition) is 5. The Kier molecular flexibility index (Phi) is 6.42. The Labute approximate surface area is 176 Å². The molecule has 1 unspecified atom stereocenters. The number of likely N-dealkylation sites (tertiary alicyclic amines) is 1. The molecule has 0 aromatic heterocycles. The summed E-state index contributed by atoms with van der Waals surface area (Å²) in [4.78, 5) is 28.5. The van der Waals surface area contributed by atoms with Gasteiger partial charge in [0.25, 0.3) is 5.91 Å². The largest absolute Gasteiger partial charge is 0.872 e. The van der Waals surface area contributed by atoms with Crippen LogP contribution in [0.4, 0.5) is 0 Å². The molecule has 0 aliphatic carbocycles. The molecule has 7 heteroatoms. The minimum atomic E-state index is -0.845. The van der Waals surface area contributed by atoms with Crippen molar-refractivity contribution in [1.29, 1.82) is 0 Å². The van der Waals surface area contributed by atoms with Crippen molar-refractivity contribution < 1.29 is 29.1 Å². The van der Waals surface area contributed by atoms with E-state index in [1.54, 1.807) is 48.5 Å². The predicted octanol–water partition coefficient (Wildman–Crippen LogP) is 0.0723. The lowest BCUT2D eigenvalue weighted by Gasteiger charge is -2.29. The van der Waals surface area contributed by atoms with Gasteiger partial charge in [-0.25, -0.2) is 0 Å². The Bertz CT molecular complexity index is 969. The minimum absolute atomic E-state index is 0.0634. The van der Waals surface area contributed by atoms with Gasteiger partial charge in [0.1, 0.15) is 11.5 Å². The normalized spacial score (nSPS) is 18.2. The highest BCUT2D eigenvalue weighted by Gasteiger charge is 2.45. The lowest BCUT2D eigenvalue weighted by molar-refractivity contribution is -0.857. The number of ketones is 1. The van der Waals surface area contributed by atoms with Crippen LogP contribution >= 0.6 is 0 Å². The zero-order valence-electron chi connectivity index (χ0n) is 17.6. The molecule has 1 amide bonds. The number of Topliss-reactive ketones (excluding diaryl/α,β-unsaturated/α-hetero) is 1. The van der Waals surface area contributed by atoms with Gasteiger partial charge in [0.15, 0.2) is 0 Å². The number of likely N-dealkylation sites (N-methyl/N-ethyl adjacent to an activating group) is 1. The lowest BCUT2D eigenvalue weighted by Crippen LogP contribution is -3.06. The monoisotopic (exact) mass is 410 g/mol. The van der Waals surface area contributed by atoms with Gasteiger partial charge in [-0.15, -0.1) is 0 Å². The van der Waals surface area contributed by atoms with Crippen molar-refractivity contribution in [1.82, 2.24) is 4.90 Å². The minimum Gasteiger partial charge on any atom is -0.872 e. The third-order valence-corrected chi connectivity index (χ3v) is 5.15. The number of hydrogen-bond donors (Lipinski definition) is 1. The molecular weight excluding hydrogens is 384 g/mol. The highest BCUT2D eigenvalue weighted by Crippen LogP contribution is 2.43. The Hall–Kier alpha value is -3.32. The molecule has 1 aliphatic rings. The third kappa shape index (κ3) is 4.02. The molecule has 1 N–H and O–H groups in total. The van der Waals surface area contributed by atoms with Crippen LogP contribution in [0.2, 0.25) is 0 Å². The summed E-state index contributed by atoms with van der Waals surface area (Å²) in [6.45, 7) is 0.943. The number of carbonyl (C=O) groups excluding carboxylic acids is 2. The van der Waals surface area contributed by atoms with Crippen molar-refractivity contribution in [2.45, 2.75) is 6.04 Å². The average Bonchev–Trinajstić information content (AvgIpc) is 3.01. The molecule has 0 saturated carbocycles. The van der Waals surface area contributed by atoms with Crippen molar-refractivity contribution >= 4 is 17.4 Å². The van der Waals surface area contributed by atoms with E-state index in [-0.39, 0.29) is 5.57 Å². The first kappa shape index (κ1) is 21.4. The maximum atomic E-state index is 13.3. The Morgan fingerprint density at radius 1 is 1.07 bits per heavy atom. The van der Waals surface area contributed by atoms with Crippen molar-refractivity contribution in [3.05, 3.63) is 65.2 Å².